The number of hydrogen-bond acceptors (Lipinski definition) is 4. The fourth-order valence-corrected chi connectivity index (χ4v) is 7.70. The third-order valence-electron chi connectivity index (χ3n) is 8.69. The van der Waals surface area contributed by atoms with Crippen LogP contribution in [0.15, 0.2) is 22.8 Å². The number of ether oxygens (including phenoxy) is 1. The molecule has 28 heavy (non-hydrogen) atoms. The van der Waals surface area contributed by atoms with Crippen LogP contribution in [0.2, 0.25) is 0 Å². The van der Waals surface area contributed by atoms with Gasteiger partial charge in [-0.25, -0.2) is 0 Å². The number of aliphatic hydroxyl groups excluding tert-OH is 1. The minimum atomic E-state index is -1.02. The molecule has 7 unspecified atom stereocenters. The summed E-state index contributed by atoms with van der Waals surface area (Å²) in [5.74, 6) is 0.542. The lowest BCUT2D eigenvalue weighted by Crippen LogP contribution is -2.58. The quantitative estimate of drug-likeness (QED) is 0.683. The minimum absolute atomic E-state index is 0.0374. The Morgan fingerprint density at radius 2 is 1.75 bits per heavy atom. The molecule has 0 aromatic rings. The van der Waals surface area contributed by atoms with Crippen molar-refractivity contribution in [3.05, 3.63) is 22.8 Å². The molecule has 0 spiro atoms. The SMILES string of the molecule is CC(=O)OC1(C(C)=O)CCC2C3C=C(Cl)C4=CC(O)CCC4(C)C3CCC21C. The standard InChI is InChI=1S/C23H31ClO4/c1-13(25)23(28-14(2)26)10-7-18-16-12-20(24)19-11-15(27)5-8-21(19,3)17(16)6-9-22(18,23)4/h11-12,15-18,27H,5-10H2,1-4H3. The molecule has 0 aliphatic heterocycles. The third kappa shape index (κ3) is 2.53. The molecule has 1 N–H and O–H groups in total. The Bertz CT molecular complexity index is 785. The second-order valence-electron chi connectivity index (χ2n) is 9.88. The summed E-state index contributed by atoms with van der Waals surface area (Å²) in [6.45, 7) is 7.40. The first-order valence-electron chi connectivity index (χ1n) is 10.5. The molecule has 2 fully saturated rings. The lowest BCUT2D eigenvalue weighted by Gasteiger charge is -2.58. The van der Waals surface area contributed by atoms with Gasteiger partial charge in [-0.2, -0.15) is 0 Å². The van der Waals surface area contributed by atoms with Gasteiger partial charge in [0.25, 0.3) is 0 Å². The zero-order valence-corrected chi connectivity index (χ0v) is 18.0. The maximum absolute atomic E-state index is 12.8. The van der Waals surface area contributed by atoms with Crippen LogP contribution in [0.4, 0.5) is 0 Å². The number of hydrogen-bond donors (Lipinski definition) is 1. The van der Waals surface area contributed by atoms with Crippen LogP contribution in [0, 0.1) is 28.6 Å². The van der Waals surface area contributed by atoms with Gasteiger partial charge in [0.05, 0.1) is 6.10 Å². The van der Waals surface area contributed by atoms with Gasteiger partial charge in [-0.05, 0) is 74.2 Å². The molecule has 4 rings (SSSR count). The Balaban J connectivity index is 1.78. The van der Waals surface area contributed by atoms with Gasteiger partial charge in [0.2, 0.25) is 0 Å². The zero-order chi connectivity index (χ0) is 20.5. The average molecular weight is 407 g/mol. The van der Waals surface area contributed by atoms with Gasteiger partial charge < -0.3 is 9.84 Å². The van der Waals surface area contributed by atoms with Gasteiger partial charge in [0, 0.05) is 17.4 Å². The van der Waals surface area contributed by atoms with Crippen LogP contribution in [-0.4, -0.2) is 28.6 Å². The Morgan fingerprint density at radius 3 is 2.39 bits per heavy atom. The molecular weight excluding hydrogens is 376 g/mol. The van der Waals surface area contributed by atoms with E-state index in [9.17, 15) is 14.7 Å². The van der Waals surface area contributed by atoms with Gasteiger partial charge in [0.1, 0.15) is 0 Å². The molecule has 0 amide bonds. The van der Waals surface area contributed by atoms with Crippen LogP contribution < -0.4 is 0 Å². The van der Waals surface area contributed by atoms with Crippen molar-refractivity contribution < 1.29 is 19.4 Å². The maximum Gasteiger partial charge on any atom is 0.303 e. The number of esters is 1. The normalized spacial score (nSPS) is 47.2. The van der Waals surface area contributed by atoms with E-state index in [1.54, 1.807) is 6.92 Å². The lowest BCUT2D eigenvalue weighted by atomic mass is 9.48. The van der Waals surface area contributed by atoms with Crippen molar-refractivity contribution in [2.75, 3.05) is 0 Å². The van der Waals surface area contributed by atoms with E-state index in [0.29, 0.717) is 12.3 Å². The van der Waals surface area contributed by atoms with Crippen LogP contribution in [0.1, 0.15) is 66.2 Å². The summed E-state index contributed by atoms with van der Waals surface area (Å²) in [6, 6.07) is 0. The topological polar surface area (TPSA) is 63.6 Å². The van der Waals surface area contributed by atoms with E-state index in [4.69, 9.17) is 16.3 Å². The molecule has 7 atom stereocenters. The van der Waals surface area contributed by atoms with Crippen molar-refractivity contribution in [1.29, 1.82) is 0 Å². The molecule has 0 saturated heterocycles. The summed E-state index contributed by atoms with van der Waals surface area (Å²) in [4.78, 5) is 24.7. The van der Waals surface area contributed by atoms with Crippen molar-refractivity contribution in [1.82, 2.24) is 0 Å². The summed E-state index contributed by atoms with van der Waals surface area (Å²) in [6.07, 6.45) is 8.68. The number of carbonyl (C=O) groups excluding carboxylic acids is 2. The summed E-state index contributed by atoms with van der Waals surface area (Å²) in [5, 5.41) is 10.9. The first-order valence-corrected chi connectivity index (χ1v) is 10.9. The number of halogens is 1. The number of ketones is 1. The highest BCUT2D eigenvalue weighted by Crippen LogP contribution is 2.68. The van der Waals surface area contributed by atoms with Gasteiger partial charge in [-0.15, -0.1) is 0 Å². The summed E-state index contributed by atoms with van der Waals surface area (Å²) in [5.41, 5.74) is -0.340. The van der Waals surface area contributed by atoms with Crippen LogP contribution in [0.3, 0.4) is 0 Å². The summed E-state index contributed by atoms with van der Waals surface area (Å²) in [7, 11) is 0. The predicted molar refractivity (Wildman–Crippen MR) is 108 cm³/mol. The largest absolute Gasteiger partial charge is 0.451 e. The number of carbonyl (C=O) groups is 2. The van der Waals surface area contributed by atoms with Crippen LogP contribution in [-0.2, 0) is 14.3 Å². The highest BCUT2D eigenvalue weighted by molar-refractivity contribution is 6.32. The molecule has 5 heteroatoms. The van der Waals surface area contributed by atoms with Crippen molar-refractivity contribution >= 4 is 23.4 Å². The summed E-state index contributed by atoms with van der Waals surface area (Å²) < 4.78 is 5.80. The van der Waals surface area contributed by atoms with E-state index in [1.165, 1.54) is 6.92 Å². The second kappa shape index (κ2) is 6.43. The molecule has 4 nitrogen and oxygen atoms in total. The fourth-order valence-electron chi connectivity index (χ4n) is 7.28. The Morgan fingerprint density at radius 1 is 1.07 bits per heavy atom. The number of aliphatic hydroxyl groups is 1. The van der Waals surface area contributed by atoms with Crippen molar-refractivity contribution in [2.45, 2.75) is 77.9 Å². The van der Waals surface area contributed by atoms with Gasteiger partial charge in [0.15, 0.2) is 11.4 Å². The highest BCUT2D eigenvalue weighted by Gasteiger charge is 2.67. The van der Waals surface area contributed by atoms with E-state index in [2.05, 4.69) is 19.9 Å². The molecule has 4 aliphatic rings. The molecule has 0 radical (unpaired) electrons. The van der Waals surface area contributed by atoms with Crippen LogP contribution in [0.25, 0.3) is 0 Å². The second-order valence-corrected chi connectivity index (χ2v) is 10.3. The van der Waals surface area contributed by atoms with E-state index < -0.39 is 11.7 Å². The summed E-state index contributed by atoms with van der Waals surface area (Å²) >= 11 is 6.75. The molecule has 2 saturated carbocycles. The molecule has 0 heterocycles. The predicted octanol–water partition coefficient (Wildman–Crippen LogP) is 4.54. The van der Waals surface area contributed by atoms with Crippen LogP contribution in [0.5, 0.6) is 0 Å². The molecule has 154 valence electrons. The van der Waals surface area contributed by atoms with E-state index in [1.807, 2.05) is 6.08 Å². The molecule has 0 bridgehead atoms. The van der Waals surface area contributed by atoms with Gasteiger partial charge in [-0.1, -0.05) is 37.6 Å². The number of allylic oxidation sites excluding steroid dienone is 3. The smallest absolute Gasteiger partial charge is 0.303 e. The molecule has 0 aromatic heterocycles. The number of fused-ring (bicyclic) bond motifs is 5. The first-order chi connectivity index (χ1) is 13.0. The van der Waals surface area contributed by atoms with Crippen molar-refractivity contribution in [3.8, 4) is 0 Å². The maximum atomic E-state index is 12.8. The van der Waals surface area contributed by atoms with Crippen molar-refractivity contribution in [2.24, 2.45) is 28.6 Å². The van der Waals surface area contributed by atoms with Crippen LogP contribution >= 0.6 is 11.6 Å². The molecule has 4 aliphatic carbocycles. The van der Waals surface area contributed by atoms with Crippen molar-refractivity contribution in [3.63, 3.8) is 0 Å². The van der Waals surface area contributed by atoms with Gasteiger partial charge >= 0.3 is 5.97 Å². The number of Topliss-reactive ketones (excluding diaryl/α,β-unsaturated/α-hetero) is 1. The van der Waals surface area contributed by atoms with E-state index >= 15 is 0 Å². The molecular formula is C23H31ClO4. The molecule has 0 aromatic carbocycles. The first kappa shape index (κ1) is 20.2. The highest BCUT2D eigenvalue weighted by atomic mass is 35.5. The average Bonchev–Trinajstić information content (AvgIpc) is 2.90. The van der Waals surface area contributed by atoms with E-state index in [-0.39, 0.29) is 34.4 Å². The fraction of sp³-hybridized carbons (Fsp3) is 0.739. The minimum Gasteiger partial charge on any atom is -0.451 e. The zero-order valence-electron chi connectivity index (χ0n) is 17.3. The Labute approximate surface area is 172 Å². The lowest BCUT2D eigenvalue weighted by molar-refractivity contribution is -0.185. The Kier molecular flexibility index (Phi) is 4.63. The third-order valence-corrected chi connectivity index (χ3v) is 9.02. The Hall–Kier alpha value is -1.13. The van der Waals surface area contributed by atoms with Gasteiger partial charge in [-0.3, -0.25) is 9.59 Å². The van der Waals surface area contributed by atoms with E-state index in [0.717, 1.165) is 42.7 Å². The number of rotatable bonds is 2. The monoisotopic (exact) mass is 406 g/mol.